The molecule has 0 unspecified atom stereocenters. The average Bonchev–Trinajstić information content (AvgIpc) is 2.38. The van der Waals surface area contributed by atoms with Crippen LogP contribution in [0, 0.1) is 0 Å². The van der Waals surface area contributed by atoms with E-state index in [9.17, 15) is 9.59 Å². The number of ether oxygens (including phenoxy) is 1. The molecule has 0 radical (unpaired) electrons. The van der Waals surface area contributed by atoms with Gasteiger partial charge in [0, 0.05) is 12.8 Å². The van der Waals surface area contributed by atoms with Crippen molar-refractivity contribution in [3.8, 4) is 0 Å². The molecule has 0 N–H and O–H groups in total. The summed E-state index contributed by atoms with van der Waals surface area (Å²) in [4.78, 5) is 22.7. The molecular formula is C14H16O3. The molecule has 2 rings (SSSR count). The molecule has 3 nitrogen and oxygen atoms in total. The summed E-state index contributed by atoms with van der Waals surface area (Å²) in [5, 5.41) is 0. The zero-order chi connectivity index (χ0) is 12.3. The Labute approximate surface area is 101 Å². The van der Waals surface area contributed by atoms with Gasteiger partial charge in [-0.15, -0.1) is 0 Å². The van der Waals surface area contributed by atoms with Gasteiger partial charge in [-0.3, -0.25) is 4.79 Å². The molecule has 3 heteroatoms. The number of benzene rings is 1. The fourth-order valence-electron chi connectivity index (χ4n) is 2.32. The highest BCUT2D eigenvalue weighted by Crippen LogP contribution is 2.30. The SMILES string of the molecule is COC(=O)c1ccc([C@@H]2CCCC(=O)C2)cc1. The lowest BCUT2D eigenvalue weighted by Crippen LogP contribution is -2.13. The first-order valence-electron chi connectivity index (χ1n) is 5.90. The third-order valence-corrected chi connectivity index (χ3v) is 3.29. The van der Waals surface area contributed by atoms with Gasteiger partial charge < -0.3 is 4.74 Å². The summed E-state index contributed by atoms with van der Waals surface area (Å²) >= 11 is 0. The Hall–Kier alpha value is -1.64. The van der Waals surface area contributed by atoms with Crippen molar-refractivity contribution in [1.29, 1.82) is 0 Å². The van der Waals surface area contributed by atoms with E-state index in [2.05, 4.69) is 4.74 Å². The van der Waals surface area contributed by atoms with E-state index in [1.807, 2.05) is 12.1 Å². The summed E-state index contributed by atoms with van der Waals surface area (Å²) in [6.45, 7) is 0. The molecule has 1 fully saturated rings. The van der Waals surface area contributed by atoms with Crippen LogP contribution in [0.2, 0.25) is 0 Å². The molecular weight excluding hydrogens is 216 g/mol. The Morgan fingerprint density at radius 3 is 2.59 bits per heavy atom. The fraction of sp³-hybridized carbons (Fsp3) is 0.429. The van der Waals surface area contributed by atoms with Gasteiger partial charge in [0.05, 0.1) is 12.7 Å². The summed E-state index contributed by atoms with van der Waals surface area (Å²) in [7, 11) is 1.37. The molecule has 0 aliphatic heterocycles. The van der Waals surface area contributed by atoms with Gasteiger partial charge in [0.2, 0.25) is 0 Å². The zero-order valence-electron chi connectivity index (χ0n) is 9.94. The lowest BCUT2D eigenvalue weighted by molar-refractivity contribution is -0.120. The number of esters is 1. The first-order valence-corrected chi connectivity index (χ1v) is 5.90. The molecule has 90 valence electrons. The third kappa shape index (κ3) is 2.73. The van der Waals surface area contributed by atoms with Crippen molar-refractivity contribution >= 4 is 11.8 Å². The van der Waals surface area contributed by atoms with E-state index in [0.29, 0.717) is 23.7 Å². The molecule has 1 aromatic carbocycles. The van der Waals surface area contributed by atoms with Crippen molar-refractivity contribution in [2.75, 3.05) is 7.11 Å². The van der Waals surface area contributed by atoms with Crippen molar-refractivity contribution in [2.45, 2.75) is 31.6 Å². The Morgan fingerprint density at radius 1 is 1.29 bits per heavy atom. The van der Waals surface area contributed by atoms with Crippen molar-refractivity contribution in [1.82, 2.24) is 0 Å². The summed E-state index contributed by atoms with van der Waals surface area (Å²) in [6.07, 6.45) is 3.39. The van der Waals surface area contributed by atoms with Gasteiger partial charge in [0.1, 0.15) is 5.78 Å². The molecule has 1 saturated carbocycles. The van der Waals surface area contributed by atoms with E-state index >= 15 is 0 Å². The van der Waals surface area contributed by atoms with Gasteiger partial charge in [0.15, 0.2) is 0 Å². The number of methoxy groups -OCH3 is 1. The summed E-state index contributed by atoms with van der Waals surface area (Å²) in [6, 6.07) is 7.38. The van der Waals surface area contributed by atoms with Crippen LogP contribution in [0.5, 0.6) is 0 Å². The average molecular weight is 232 g/mol. The molecule has 1 aliphatic rings. The van der Waals surface area contributed by atoms with Gasteiger partial charge in [0.25, 0.3) is 0 Å². The number of hydrogen-bond donors (Lipinski definition) is 0. The predicted octanol–water partition coefficient (Wildman–Crippen LogP) is 2.70. The minimum Gasteiger partial charge on any atom is -0.465 e. The highest BCUT2D eigenvalue weighted by Gasteiger charge is 2.21. The molecule has 0 saturated heterocycles. The van der Waals surface area contributed by atoms with E-state index < -0.39 is 0 Å². The van der Waals surface area contributed by atoms with E-state index in [1.54, 1.807) is 12.1 Å². The van der Waals surface area contributed by atoms with E-state index in [1.165, 1.54) is 7.11 Å². The van der Waals surface area contributed by atoms with E-state index in [-0.39, 0.29) is 5.97 Å². The molecule has 1 aromatic rings. The number of carbonyl (C=O) groups is 2. The Bertz CT molecular complexity index is 420. The summed E-state index contributed by atoms with van der Waals surface area (Å²) < 4.78 is 4.65. The number of hydrogen-bond acceptors (Lipinski definition) is 3. The molecule has 0 bridgehead atoms. The maximum atomic E-state index is 11.4. The number of ketones is 1. The predicted molar refractivity (Wildman–Crippen MR) is 64.0 cm³/mol. The number of rotatable bonds is 2. The van der Waals surface area contributed by atoms with Crippen LogP contribution < -0.4 is 0 Å². The lowest BCUT2D eigenvalue weighted by Gasteiger charge is -2.21. The van der Waals surface area contributed by atoms with Crippen LogP contribution in [-0.2, 0) is 9.53 Å². The van der Waals surface area contributed by atoms with Crippen molar-refractivity contribution in [2.24, 2.45) is 0 Å². The summed E-state index contributed by atoms with van der Waals surface area (Å²) in [5.74, 6) is 0.345. The highest BCUT2D eigenvalue weighted by molar-refractivity contribution is 5.89. The van der Waals surface area contributed by atoms with Crippen molar-refractivity contribution in [3.05, 3.63) is 35.4 Å². The van der Waals surface area contributed by atoms with Gasteiger partial charge in [-0.2, -0.15) is 0 Å². The first kappa shape index (κ1) is 11.8. The molecule has 1 aliphatic carbocycles. The van der Waals surface area contributed by atoms with E-state index in [4.69, 9.17) is 0 Å². The Balaban J connectivity index is 2.12. The van der Waals surface area contributed by atoms with Gasteiger partial charge >= 0.3 is 5.97 Å². The second-order valence-corrected chi connectivity index (χ2v) is 4.45. The highest BCUT2D eigenvalue weighted by atomic mass is 16.5. The molecule has 0 amide bonds. The summed E-state index contributed by atoms with van der Waals surface area (Å²) in [5.41, 5.74) is 1.70. The van der Waals surface area contributed by atoms with Crippen LogP contribution in [-0.4, -0.2) is 18.9 Å². The fourth-order valence-corrected chi connectivity index (χ4v) is 2.32. The maximum Gasteiger partial charge on any atom is 0.337 e. The van der Waals surface area contributed by atoms with Gasteiger partial charge in [-0.1, -0.05) is 12.1 Å². The van der Waals surface area contributed by atoms with Gasteiger partial charge in [-0.25, -0.2) is 4.79 Å². The molecule has 0 heterocycles. The molecule has 17 heavy (non-hydrogen) atoms. The third-order valence-electron chi connectivity index (χ3n) is 3.29. The van der Waals surface area contributed by atoms with Crippen LogP contribution in [0.25, 0.3) is 0 Å². The minimum absolute atomic E-state index is 0.322. The van der Waals surface area contributed by atoms with Crippen molar-refractivity contribution in [3.63, 3.8) is 0 Å². The number of carbonyl (C=O) groups excluding carboxylic acids is 2. The minimum atomic E-state index is -0.323. The largest absolute Gasteiger partial charge is 0.465 e. The second-order valence-electron chi connectivity index (χ2n) is 4.45. The quantitative estimate of drug-likeness (QED) is 0.736. The molecule has 0 spiro atoms. The molecule has 1 atom stereocenters. The van der Waals surface area contributed by atoms with Crippen molar-refractivity contribution < 1.29 is 14.3 Å². The smallest absolute Gasteiger partial charge is 0.337 e. The monoisotopic (exact) mass is 232 g/mol. The first-order chi connectivity index (χ1) is 8.20. The second kappa shape index (κ2) is 5.13. The zero-order valence-corrected chi connectivity index (χ0v) is 9.94. The van der Waals surface area contributed by atoms with Gasteiger partial charge in [-0.05, 0) is 36.5 Å². The molecule has 0 aromatic heterocycles. The van der Waals surface area contributed by atoms with Crippen LogP contribution in [0.1, 0.15) is 47.5 Å². The van der Waals surface area contributed by atoms with Crippen LogP contribution in [0.4, 0.5) is 0 Å². The normalized spacial score (nSPS) is 20.1. The lowest BCUT2D eigenvalue weighted by atomic mass is 9.83. The standard InChI is InChI=1S/C14H16O3/c1-17-14(16)11-7-5-10(6-8-11)12-3-2-4-13(15)9-12/h5-8,12H,2-4,9H2,1H3/t12-/m1/s1. The van der Waals surface area contributed by atoms with Crippen LogP contribution >= 0.6 is 0 Å². The van der Waals surface area contributed by atoms with E-state index in [0.717, 1.165) is 24.8 Å². The number of Topliss-reactive ketones (excluding diaryl/α,β-unsaturated/α-hetero) is 1. The Morgan fingerprint density at radius 2 is 2.00 bits per heavy atom. The topological polar surface area (TPSA) is 43.4 Å². The van der Waals surface area contributed by atoms with Crippen LogP contribution in [0.15, 0.2) is 24.3 Å². The maximum absolute atomic E-state index is 11.4. The van der Waals surface area contributed by atoms with Crippen LogP contribution in [0.3, 0.4) is 0 Å². The Kier molecular flexibility index (Phi) is 3.57.